The summed E-state index contributed by atoms with van der Waals surface area (Å²) in [5, 5.41) is 11.4. The first-order chi connectivity index (χ1) is 15.4. The molecule has 1 atom stereocenters. The lowest BCUT2D eigenvalue weighted by Gasteiger charge is -2.25. The van der Waals surface area contributed by atoms with Crippen molar-refractivity contribution < 1.29 is 4.57 Å². The second-order valence-electron chi connectivity index (χ2n) is 9.30. The topological polar surface area (TPSA) is 82.2 Å². The molecular weight excluding hydrogens is 443 g/mol. The predicted molar refractivity (Wildman–Crippen MR) is 135 cm³/mol. The molecule has 2 aliphatic rings. The van der Waals surface area contributed by atoms with Crippen LogP contribution in [0.15, 0.2) is 30.5 Å². The number of nitrogens with zero attached hydrogens (tertiary/aromatic N) is 3. The van der Waals surface area contributed by atoms with E-state index in [0.717, 1.165) is 49.5 Å². The minimum atomic E-state index is -2.44. The fraction of sp³-hybridized carbons (Fsp3) is 0.565. The Kier molecular flexibility index (Phi) is 7.72. The molecule has 9 heteroatoms. The summed E-state index contributed by atoms with van der Waals surface area (Å²) in [6.45, 7) is 9.14. The molecule has 0 spiro atoms. The zero-order chi connectivity index (χ0) is 22.6. The highest BCUT2D eigenvalue weighted by atomic mass is 35.5. The van der Waals surface area contributed by atoms with E-state index in [1.54, 1.807) is 19.5 Å². The normalized spacial score (nSPS) is 20.4. The van der Waals surface area contributed by atoms with Gasteiger partial charge in [0.1, 0.15) is 12.2 Å². The van der Waals surface area contributed by atoms with Gasteiger partial charge in [0.2, 0.25) is 5.95 Å². The molecule has 2 fully saturated rings. The van der Waals surface area contributed by atoms with Gasteiger partial charge >= 0.3 is 0 Å². The van der Waals surface area contributed by atoms with Crippen LogP contribution in [0.4, 0.5) is 17.5 Å². The van der Waals surface area contributed by atoms with E-state index in [0.29, 0.717) is 22.8 Å². The maximum Gasteiger partial charge on any atom is 0.224 e. The quantitative estimate of drug-likeness (QED) is 0.497. The Morgan fingerprint density at radius 1 is 1.22 bits per heavy atom. The lowest BCUT2D eigenvalue weighted by atomic mass is 9.94. The minimum absolute atomic E-state index is 0.329. The van der Waals surface area contributed by atoms with Crippen LogP contribution in [-0.2, 0) is 4.57 Å². The first-order valence-corrected chi connectivity index (χ1v) is 14.5. The summed E-state index contributed by atoms with van der Waals surface area (Å²) in [5.41, 5.74) is 0.761. The van der Waals surface area contributed by atoms with Gasteiger partial charge in [-0.25, -0.2) is 4.98 Å². The van der Waals surface area contributed by atoms with Crippen LogP contribution in [0, 0.1) is 5.92 Å². The summed E-state index contributed by atoms with van der Waals surface area (Å²) in [5.74, 6) is 1.95. The molecule has 4 rings (SSSR count). The van der Waals surface area contributed by atoms with Crippen LogP contribution < -0.4 is 21.3 Å². The first kappa shape index (κ1) is 23.5. The van der Waals surface area contributed by atoms with E-state index >= 15 is 0 Å². The Hall–Kier alpha value is -1.66. The highest BCUT2D eigenvalue weighted by molar-refractivity contribution is 7.70. The van der Waals surface area contributed by atoms with E-state index in [2.05, 4.69) is 30.8 Å². The van der Waals surface area contributed by atoms with E-state index in [4.69, 9.17) is 11.6 Å². The van der Waals surface area contributed by atoms with Crippen LogP contribution in [0.2, 0.25) is 5.02 Å². The van der Waals surface area contributed by atoms with Crippen molar-refractivity contribution in [3.8, 4) is 0 Å². The maximum absolute atomic E-state index is 12.7. The molecule has 32 heavy (non-hydrogen) atoms. The van der Waals surface area contributed by atoms with Gasteiger partial charge in [0.05, 0.1) is 11.9 Å². The Balaban J connectivity index is 1.36. The molecular formula is C23H34ClN6OP. The molecule has 2 aliphatic heterocycles. The van der Waals surface area contributed by atoms with Gasteiger partial charge in [-0.1, -0.05) is 23.7 Å². The number of halogens is 1. The van der Waals surface area contributed by atoms with Crippen LogP contribution in [0.3, 0.4) is 0 Å². The van der Waals surface area contributed by atoms with E-state index < -0.39 is 7.14 Å². The van der Waals surface area contributed by atoms with Crippen molar-refractivity contribution >= 4 is 41.5 Å². The predicted octanol–water partition coefficient (Wildman–Crippen LogP) is 4.00. The van der Waals surface area contributed by atoms with E-state index in [9.17, 15) is 4.57 Å². The van der Waals surface area contributed by atoms with Crippen LogP contribution in [0.25, 0.3) is 0 Å². The molecule has 0 radical (unpaired) electrons. The molecule has 2 saturated heterocycles. The van der Waals surface area contributed by atoms with E-state index in [1.165, 1.54) is 25.8 Å². The first-order valence-electron chi connectivity index (χ1n) is 11.5. The standard InChI is InChI=1S/C23H34ClN6OP/c1-32(2,31)21-6-4-3-5-20(21)28-22-19(24)15-26-23(29-22)27-18-10-14-30(16-18)13-9-17-7-11-25-12-8-17/h3-6,15,17-18,25H,7-14,16H2,1-2H3,(H2,26,27,28,29)/t18-/m1/s1. The molecule has 0 aliphatic carbocycles. The van der Waals surface area contributed by atoms with Crippen molar-refractivity contribution in [3.05, 3.63) is 35.5 Å². The van der Waals surface area contributed by atoms with Gasteiger partial charge in [-0.3, -0.25) is 0 Å². The third-order valence-corrected chi connectivity index (χ3v) is 8.23. The average molecular weight is 477 g/mol. The summed E-state index contributed by atoms with van der Waals surface area (Å²) in [6.07, 6.45) is 6.59. The van der Waals surface area contributed by atoms with Crippen molar-refractivity contribution in [1.82, 2.24) is 20.2 Å². The van der Waals surface area contributed by atoms with Crippen LogP contribution in [0.5, 0.6) is 0 Å². The van der Waals surface area contributed by atoms with Crippen molar-refractivity contribution in [1.29, 1.82) is 0 Å². The molecule has 0 saturated carbocycles. The molecule has 0 unspecified atom stereocenters. The van der Waals surface area contributed by atoms with Crippen molar-refractivity contribution in [3.63, 3.8) is 0 Å². The summed E-state index contributed by atoms with van der Waals surface area (Å²) in [6, 6.07) is 7.92. The molecule has 1 aromatic heterocycles. The van der Waals surface area contributed by atoms with Crippen LogP contribution >= 0.6 is 18.7 Å². The fourth-order valence-corrected chi connectivity index (χ4v) is 5.87. The second-order valence-corrected chi connectivity index (χ2v) is 12.9. The fourth-order valence-electron chi connectivity index (χ4n) is 4.57. The molecule has 3 N–H and O–H groups in total. The number of hydrogen-bond acceptors (Lipinski definition) is 7. The Bertz CT molecular complexity index is 961. The van der Waals surface area contributed by atoms with Gasteiger partial charge in [0.25, 0.3) is 0 Å². The summed E-state index contributed by atoms with van der Waals surface area (Å²) in [4.78, 5) is 11.6. The van der Waals surface area contributed by atoms with Crippen molar-refractivity contribution in [2.75, 3.05) is 56.7 Å². The smallest absolute Gasteiger partial charge is 0.224 e. The average Bonchev–Trinajstić information content (AvgIpc) is 3.22. The largest absolute Gasteiger partial charge is 0.350 e. The van der Waals surface area contributed by atoms with Gasteiger partial charge in [0, 0.05) is 24.4 Å². The molecule has 174 valence electrons. The van der Waals surface area contributed by atoms with Crippen molar-refractivity contribution in [2.45, 2.75) is 31.7 Å². The lowest BCUT2D eigenvalue weighted by Crippen LogP contribution is -2.32. The SMILES string of the molecule is CP(C)(=O)c1ccccc1Nc1nc(N[C@@H]2CCN(CCC3CCNCC3)C2)ncc1Cl. The second kappa shape index (κ2) is 10.5. The zero-order valence-corrected chi connectivity index (χ0v) is 20.6. The Labute approximate surface area is 196 Å². The molecule has 3 heterocycles. The number of benzene rings is 1. The molecule has 2 aromatic rings. The Morgan fingerprint density at radius 3 is 2.78 bits per heavy atom. The van der Waals surface area contributed by atoms with E-state index in [-0.39, 0.29) is 0 Å². The van der Waals surface area contributed by atoms with Gasteiger partial charge < -0.3 is 25.4 Å². The number of piperidine rings is 1. The monoisotopic (exact) mass is 476 g/mol. The van der Waals surface area contributed by atoms with Crippen LogP contribution in [-0.4, -0.2) is 67.0 Å². The Morgan fingerprint density at radius 2 is 2.00 bits per heavy atom. The maximum atomic E-state index is 12.7. The number of rotatable bonds is 8. The molecule has 0 amide bonds. The number of para-hydroxylation sites is 1. The number of likely N-dealkylation sites (tertiary alicyclic amines) is 1. The molecule has 1 aromatic carbocycles. The number of aromatic nitrogens is 2. The van der Waals surface area contributed by atoms with Gasteiger partial charge in [-0.15, -0.1) is 0 Å². The van der Waals surface area contributed by atoms with Crippen LogP contribution in [0.1, 0.15) is 25.7 Å². The summed E-state index contributed by atoms with van der Waals surface area (Å²) < 4.78 is 12.7. The summed E-state index contributed by atoms with van der Waals surface area (Å²) >= 11 is 6.37. The molecule has 7 nitrogen and oxygen atoms in total. The third kappa shape index (κ3) is 6.22. The highest BCUT2D eigenvalue weighted by Crippen LogP contribution is 2.38. The van der Waals surface area contributed by atoms with Gasteiger partial charge in [0.15, 0.2) is 5.82 Å². The molecule has 0 bridgehead atoms. The van der Waals surface area contributed by atoms with E-state index in [1.807, 2.05) is 24.3 Å². The third-order valence-electron chi connectivity index (χ3n) is 6.40. The number of hydrogen-bond donors (Lipinski definition) is 3. The van der Waals surface area contributed by atoms with Gasteiger partial charge in [-0.2, -0.15) is 4.98 Å². The van der Waals surface area contributed by atoms with Crippen molar-refractivity contribution in [2.24, 2.45) is 5.92 Å². The number of nitrogens with one attached hydrogen (secondary N) is 3. The lowest BCUT2D eigenvalue weighted by molar-refractivity contribution is 0.271. The van der Waals surface area contributed by atoms with Gasteiger partial charge in [-0.05, 0) is 76.7 Å². The summed E-state index contributed by atoms with van der Waals surface area (Å²) in [7, 11) is -2.44. The zero-order valence-electron chi connectivity index (χ0n) is 19.0. The highest BCUT2D eigenvalue weighted by Gasteiger charge is 2.24. The minimum Gasteiger partial charge on any atom is -0.350 e. The number of anilines is 3.